The Morgan fingerprint density at radius 2 is 1.56 bits per heavy atom. The molecule has 0 aliphatic carbocycles. The van der Waals surface area contributed by atoms with Gasteiger partial charge in [0.2, 0.25) is 0 Å². The summed E-state index contributed by atoms with van der Waals surface area (Å²) in [5.74, 6) is 1.62. The maximum atomic E-state index is 6.03. The number of hydrogen-bond donors (Lipinski definition) is 0. The van der Waals surface area contributed by atoms with Crippen molar-refractivity contribution in [2.75, 3.05) is 45.9 Å². The first-order valence-electron chi connectivity index (χ1n) is 10.9. The van der Waals surface area contributed by atoms with E-state index in [9.17, 15) is 0 Å². The average Bonchev–Trinajstić information content (AvgIpc) is 2.98. The second-order valence-corrected chi connectivity index (χ2v) is 8.94. The normalized spacial score (nSPS) is 25.4. The molecule has 2 heterocycles. The number of ether oxygens (including phenoxy) is 1. The number of hydrogen-bond acceptors (Lipinski definition) is 4. The van der Waals surface area contributed by atoms with Gasteiger partial charge in [-0.1, -0.05) is 32.0 Å². The topological polar surface area (TPSA) is 19.0 Å². The zero-order chi connectivity index (χ0) is 19.2. The van der Waals surface area contributed by atoms with Crippen LogP contribution in [0.4, 0.5) is 0 Å². The molecule has 2 atom stereocenters. The van der Waals surface area contributed by atoms with Crippen LogP contribution in [0.3, 0.4) is 0 Å². The molecule has 2 fully saturated rings. The van der Waals surface area contributed by atoms with E-state index in [1.165, 1.54) is 44.6 Å². The smallest absolute Gasteiger partial charge is 0.123 e. The minimum atomic E-state index is 0.558. The van der Waals surface area contributed by atoms with Crippen LogP contribution in [0.1, 0.15) is 46.1 Å². The van der Waals surface area contributed by atoms with E-state index >= 15 is 0 Å². The van der Waals surface area contributed by atoms with Gasteiger partial charge in [-0.25, -0.2) is 0 Å². The molecule has 1 aromatic carbocycles. The van der Waals surface area contributed by atoms with Crippen molar-refractivity contribution >= 4 is 0 Å². The molecule has 0 bridgehead atoms. The summed E-state index contributed by atoms with van der Waals surface area (Å²) in [4.78, 5) is 7.93. The van der Waals surface area contributed by atoms with E-state index in [0.717, 1.165) is 44.1 Å². The van der Waals surface area contributed by atoms with Crippen LogP contribution >= 0.6 is 0 Å². The lowest BCUT2D eigenvalue weighted by atomic mass is 10.1. The Labute approximate surface area is 166 Å². The third-order valence-corrected chi connectivity index (χ3v) is 6.21. The van der Waals surface area contributed by atoms with Crippen LogP contribution in [0.15, 0.2) is 24.3 Å². The molecular weight excluding hydrogens is 334 g/mol. The van der Waals surface area contributed by atoms with Crippen molar-refractivity contribution in [1.82, 2.24) is 14.7 Å². The maximum Gasteiger partial charge on any atom is 0.123 e. The molecule has 3 rings (SSSR count). The summed E-state index contributed by atoms with van der Waals surface area (Å²) in [6, 6.07) is 10.1. The molecule has 0 amide bonds. The minimum absolute atomic E-state index is 0.558. The number of benzene rings is 1. The van der Waals surface area contributed by atoms with E-state index in [-0.39, 0.29) is 0 Å². The Kier molecular flexibility index (Phi) is 7.57. The van der Waals surface area contributed by atoms with E-state index < -0.39 is 0 Å². The lowest BCUT2D eigenvalue weighted by Gasteiger charge is -2.36. The predicted molar refractivity (Wildman–Crippen MR) is 113 cm³/mol. The van der Waals surface area contributed by atoms with Crippen molar-refractivity contribution in [2.24, 2.45) is 5.92 Å². The highest BCUT2D eigenvalue weighted by Gasteiger charge is 2.27. The number of nitrogens with zero attached hydrogens (tertiary/aromatic N) is 3. The third kappa shape index (κ3) is 5.94. The monoisotopic (exact) mass is 373 g/mol. The highest BCUT2D eigenvalue weighted by atomic mass is 16.5. The molecule has 0 radical (unpaired) electrons. The second-order valence-electron chi connectivity index (χ2n) is 8.94. The molecule has 2 saturated heterocycles. The van der Waals surface area contributed by atoms with Crippen molar-refractivity contribution in [3.05, 3.63) is 29.8 Å². The van der Waals surface area contributed by atoms with Crippen LogP contribution in [0.5, 0.6) is 5.75 Å². The summed E-state index contributed by atoms with van der Waals surface area (Å²) >= 11 is 0. The van der Waals surface area contributed by atoms with Gasteiger partial charge >= 0.3 is 0 Å². The van der Waals surface area contributed by atoms with Crippen LogP contribution < -0.4 is 4.74 Å². The molecule has 27 heavy (non-hydrogen) atoms. The molecule has 2 aliphatic rings. The Morgan fingerprint density at radius 1 is 0.926 bits per heavy atom. The zero-order valence-electron chi connectivity index (χ0n) is 17.9. The lowest BCUT2D eigenvalue weighted by molar-refractivity contribution is 0.105. The molecule has 0 aromatic heterocycles. The van der Waals surface area contributed by atoms with Gasteiger partial charge in [-0.05, 0) is 38.7 Å². The summed E-state index contributed by atoms with van der Waals surface area (Å²) in [6.45, 7) is 18.1. The van der Waals surface area contributed by atoms with E-state index in [4.69, 9.17) is 4.74 Å². The molecule has 1 aromatic rings. The molecule has 4 nitrogen and oxygen atoms in total. The van der Waals surface area contributed by atoms with Crippen molar-refractivity contribution < 1.29 is 4.74 Å². The summed E-state index contributed by atoms with van der Waals surface area (Å²) in [7, 11) is 0. The van der Waals surface area contributed by atoms with Gasteiger partial charge in [0.05, 0.1) is 6.61 Å². The van der Waals surface area contributed by atoms with Crippen molar-refractivity contribution in [3.63, 3.8) is 0 Å². The van der Waals surface area contributed by atoms with E-state index in [1.54, 1.807) is 0 Å². The van der Waals surface area contributed by atoms with E-state index in [1.807, 2.05) is 0 Å². The van der Waals surface area contributed by atoms with Gasteiger partial charge in [0.1, 0.15) is 5.75 Å². The summed E-state index contributed by atoms with van der Waals surface area (Å²) < 4.78 is 6.03. The fourth-order valence-electron chi connectivity index (χ4n) is 4.39. The number of rotatable bonds is 8. The largest absolute Gasteiger partial charge is 0.493 e. The lowest BCUT2D eigenvalue weighted by Crippen LogP contribution is -2.48. The predicted octanol–water partition coefficient (Wildman–Crippen LogP) is 3.71. The molecule has 0 N–H and O–H groups in total. The minimum Gasteiger partial charge on any atom is -0.493 e. The molecule has 4 heteroatoms. The average molecular weight is 374 g/mol. The molecular formula is C23H39N3O. The first-order chi connectivity index (χ1) is 13.0. The molecule has 152 valence electrons. The number of likely N-dealkylation sites (tertiary alicyclic amines) is 1. The first kappa shape index (κ1) is 20.6. The number of piperazine rings is 1. The van der Waals surface area contributed by atoms with Crippen LogP contribution in [0.25, 0.3) is 0 Å². The molecule has 0 unspecified atom stereocenters. The van der Waals surface area contributed by atoms with E-state index in [0.29, 0.717) is 5.92 Å². The Balaban J connectivity index is 1.43. The molecule has 2 aliphatic heterocycles. The van der Waals surface area contributed by atoms with Crippen molar-refractivity contribution in [1.29, 1.82) is 0 Å². The van der Waals surface area contributed by atoms with E-state index in [2.05, 4.69) is 66.7 Å². The maximum absolute atomic E-state index is 6.03. The number of para-hydroxylation sites is 1. The highest BCUT2D eigenvalue weighted by molar-refractivity contribution is 5.33. The summed E-state index contributed by atoms with van der Waals surface area (Å²) in [6.07, 6.45) is 2.74. The first-order valence-corrected chi connectivity index (χ1v) is 10.9. The SMILES string of the molecule is CC(C)COc1ccccc1CN1CCN(CCN2[C@H](C)CC[C@H]2C)CC1. The summed E-state index contributed by atoms with van der Waals surface area (Å²) in [5, 5.41) is 0. The second kappa shape index (κ2) is 9.90. The Hall–Kier alpha value is -1.10. The van der Waals surface area contributed by atoms with Gasteiger partial charge in [0.15, 0.2) is 0 Å². The quantitative estimate of drug-likeness (QED) is 0.691. The molecule has 0 spiro atoms. The van der Waals surface area contributed by atoms with Crippen LogP contribution in [-0.4, -0.2) is 72.7 Å². The Bertz CT molecular complexity index is 558. The van der Waals surface area contributed by atoms with Crippen molar-refractivity contribution in [2.45, 2.75) is 59.2 Å². The van der Waals surface area contributed by atoms with Gasteiger partial charge in [-0.2, -0.15) is 0 Å². The zero-order valence-corrected chi connectivity index (χ0v) is 17.9. The van der Waals surface area contributed by atoms with Crippen LogP contribution in [0.2, 0.25) is 0 Å². The highest BCUT2D eigenvalue weighted by Crippen LogP contribution is 2.23. The standard InChI is InChI=1S/C23H39N3O/c1-19(2)18-27-23-8-6-5-7-22(23)17-25-13-11-24(12-14-25)15-16-26-20(3)9-10-21(26)4/h5-8,19-21H,9-18H2,1-4H3/t20-,21-/m1/s1. The molecule has 0 saturated carbocycles. The third-order valence-electron chi connectivity index (χ3n) is 6.21. The Morgan fingerprint density at radius 3 is 2.22 bits per heavy atom. The van der Waals surface area contributed by atoms with Gasteiger partial charge < -0.3 is 4.74 Å². The fourth-order valence-corrected chi connectivity index (χ4v) is 4.39. The van der Waals surface area contributed by atoms with Gasteiger partial charge in [-0.15, -0.1) is 0 Å². The van der Waals surface area contributed by atoms with Gasteiger partial charge in [0.25, 0.3) is 0 Å². The van der Waals surface area contributed by atoms with Gasteiger partial charge in [0, 0.05) is 63.5 Å². The summed E-state index contributed by atoms with van der Waals surface area (Å²) in [5.41, 5.74) is 1.33. The van der Waals surface area contributed by atoms with Crippen LogP contribution in [-0.2, 0) is 6.54 Å². The van der Waals surface area contributed by atoms with Crippen molar-refractivity contribution in [3.8, 4) is 5.75 Å². The van der Waals surface area contributed by atoms with Gasteiger partial charge in [-0.3, -0.25) is 14.7 Å². The fraction of sp³-hybridized carbons (Fsp3) is 0.739. The van der Waals surface area contributed by atoms with Crippen LogP contribution in [0, 0.1) is 5.92 Å².